The second-order valence-electron chi connectivity index (χ2n) is 7.46. The van der Waals surface area contributed by atoms with E-state index < -0.39 is 60.2 Å². The number of hydrogen-bond donors (Lipinski definition) is 8. The molecule has 8 N–H and O–H groups in total. The number of hydrogen-bond acceptors (Lipinski definition) is 11. The van der Waals surface area contributed by atoms with Crippen molar-refractivity contribution in [1.82, 2.24) is 0 Å². The van der Waals surface area contributed by atoms with Crippen LogP contribution in [0.5, 0.6) is 28.7 Å². The van der Waals surface area contributed by atoms with Crippen LogP contribution in [0.4, 0.5) is 0 Å². The van der Waals surface area contributed by atoms with Crippen LogP contribution in [0.2, 0.25) is 0 Å². The number of benzene rings is 2. The van der Waals surface area contributed by atoms with E-state index in [9.17, 15) is 40.9 Å². The molecule has 11 heteroatoms. The second-order valence-corrected chi connectivity index (χ2v) is 7.46. The van der Waals surface area contributed by atoms with Crippen LogP contribution < -0.4 is 4.74 Å². The van der Waals surface area contributed by atoms with Gasteiger partial charge in [-0.1, -0.05) is 6.07 Å². The van der Waals surface area contributed by atoms with Gasteiger partial charge in [0.1, 0.15) is 47.8 Å². The highest BCUT2D eigenvalue weighted by molar-refractivity contribution is 5.53. The maximum atomic E-state index is 11.0. The van der Waals surface area contributed by atoms with E-state index in [1.807, 2.05) is 0 Å². The number of phenols is 4. The number of fused-ring (bicyclic) bond motifs is 1. The lowest BCUT2D eigenvalue weighted by Gasteiger charge is -2.42. The average Bonchev–Trinajstić information content (AvgIpc) is 2.71. The Morgan fingerprint density at radius 3 is 2.29 bits per heavy atom. The molecule has 2 aliphatic heterocycles. The maximum absolute atomic E-state index is 11.0. The fourth-order valence-corrected chi connectivity index (χ4v) is 3.70. The largest absolute Gasteiger partial charge is 0.508 e. The molecule has 7 unspecified atom stereocenters. The minimum absolute atomic E-state index is 0.0528. The molecule has 1 fully saturated rings. The van der Waals surface area contributed by atoms with Gasteiger partial charge in [0.25, 0.3) is 0 Å². The lowest BCUT2D eigenvalue weighted by atomic mass is 9.91. The van der Waals surface area contributed by atoms with E-state index in [-0.39, 0.29) is 29.2 Å². The first-order valence-electron chi connectivity index (χ1n) is 9.41. The van der Waals surface area contributed by atoms with Gasteiger partial charge in [-0.05, 0) is 17.7 Å². The molecule has 2 aromatic carbocycles. The summed E-state index contributed by atoms with van der Waals surface area (Å²) in [5.41, 5.74) is 0.159. The molecular formula is C20H22O11. The van der Waals surface area contributed by atoms with Gasteiger partial charge in [-0.25, -0.2) is 0 Å². The second kappa shape index (κ2) is 8.04. The monoisotopic (exact) mass is 438 g/mol. The summed E-state index contributed by atoms with van der Waals surface area (Å²) in [6, 6.07) is 5.94. The standard InChI is InChI=1S/C20H22O11/c21-8-4-11(24)14-13(5-8)30-18(7-1-2-9(22)10(23)3-7)19(16(14)27)31-20-17(28)15(26)12(25)6-29-20/h1-5,12,15-28H,6H2. The molecule has 0 bridgehead atoms. The molecule has 31 heavy (non-hydrogen) atoms. The summed E-state index contributed by atoms with van der Waals surface area (Å²) in [6.45, 7) is -0.340. The minimum atomic E-state index is -1.65. The first-order chi connectivity index (χ1) is 14.7. The molecule has 0 amide bonds. The third kappa shape index (κ3) is 3.82. The van der Waals surface area contributed by atoms with Crippen molar-refractivity contribution in [2.24, 2.45) is 0 Å². The van der Waals surface area contributed by atoms with Crippen LogP contribution >= 0.6 is 0 Å². The molecular weight excluding hydrogens is 416 g/mol. The Kier molecular flexibility index (Phi) is 5.56. The Balaban J connectivity index is 1.73. The molecule has 7 atom stereocenters. The van der Waals surface area contributed by atoms with Gasteiger partial charge >= 0.3 is 0 Å². The number of phenolic OH excluding ortho intramolecular Hbond substituents is 4. The Labute approximate surface area is 175 Å². The summed E-state index contributed by atoms with van der Waals surface area (Å²) in [5.74, 6) is -1.70. The number of rotatable bonds is 3. The van der Waals surface area contributed by atoms with Crippen LogP contribution in [0.15, 0.2) is 30.3 Å². The number of aliphatic hydroxyl groups is 4. The minimum Gasteiger partial charge on any atom is -0.508 e. The third-order valence-electron chi connectivity index (χ3n) is 5.34. The molecule has 4 rings (SSSR count). The van der Waals surface area contributed by atoms with Crippen molar-refractivity contribution < 1.29 is 55.1 Å². The van der Waals surface area contributed by atoms with E-state index in [1.54, 1.807) is 0 Å². The van der Waals surface area contributed by atoms with E-state index >= 15 is 0 Å². The highest BCUT2D eigenvalue weighted by Gasteiger charge is 2.46. The highest BCUT2D eigenvalue weighted by atomic mass is 16.7. The third-order valence-corrected chi connectivity index (χ3v) is 5.34. The van der Waals surface area contributed by atoms with Crippen molar-refractivity contribution in [3.63, 3.8) is 0 Å². The van der Waals surface area contributed by atoms with E-state index in [4.69, 9.17) is 14.2 Å². The Morgan fingerprint density at radius 2 is 1.58 bits per heavy atom. The van der Waals surface area contributed by atoms with Crippen LogP contribution in [0.3, 0.4) is 0 Å². The Hall–Kier alpha value is -2.80. The SMILES string of the molecule is Oc1cc(O)c2c(c1)OC(c1ccc(O)c(O)c1)C(OC1OCC(O)C(O)C1O)C2O. The Bertz CT molecular complexity index is 964. The zero-order valence-electron chi connectivity index (χ0n) is 15.9. The van der Waals surface area contributed by atoms with Crippen LogP contribution in [0.25, 0.3) is 0 Å². The Morgan fingerprint density at radius 1 is 0.839 bits per heavy atom. The summed E-state index contributed by atoms with van der Waals surface area (Å²) in [7, 11) is 0. The van der Waals surface area contributed by atoms with Crippen LogP contribution in [-0.4, -0.2) is 78.2 Å². The summed E-state index contributed by atoms with van der Waals surface area (Å²) in [4.78, 5) is 0. The molecule has 168 valence electrons. The van der Waals surface area contributed by atoms with Gasteiger partial charge in [-0.15, -0.1) is 0 Å². The van der Waals surface area contributed by atoms with Gasteiger partial charge in [-0.3, -0.25) is 0 Å². The summed E-state index contributed by atoms with van der Waals surface area (Å²) in [5, 5.41) is 80.2. The topological polar surface area (TPSA) is 190 Å². The molecule has 0 spiro atoms. The van der Waals surface area contributed by atoms with Crippen molar-refractivity contribution in [3.8, 4) is 28.7 Å². The summed E-state index contributed by atoms with van der Waals surface area (Å²) >= 11 is 0. The van der Waals surface area contributed by atoms with Crippen molar-refractivity contribution in [1.29, 1.82) is 0 Å². The number of aliphatic hydroxyl groups excluding tert-OH is 4. The van der Waals surface area contributed by atoms with E-state index in [0.29, 0.717) is 0 Å². The van der Waals surface area contributed by atoms with Gasteiger partial charge in [0, 0.05) is 12.1 Å². The lowest BCUT2D eigenvalue weighted by molar-refractivity contribution is -0.300. The zero-order valence-corrected chi connectivity index (χ0v) is 15.9. The van der Waals surface area contributed by atoms with Gasteiger partial charge in [0.2, 0.25) is 0 Å². The van der Waals surface area contributed by atoms with Gasteiger partial charge < -0.3 is 55.1 Å². The predicted molar refractivity (Wildman–Crippen MR) is 101 cm³/mol. The van der Waals surface area contributed by atoms with Crippen molar-refractivity contribution in [2.75, 3.05) is 6.61 Å². The zero-order chi connectivity index (χ0) is 22.4. The molecule has 0 aromatic heterocycles. The molecule has 2 aromatic rings. The van der Waals surface area contributed by atoms with Crippen molar-refractivity contribution in [2.45, 2.75) is 42.9 Å². The van der Waals surface area contributed by atoms with E-state index in [2.05, 4.69) is 0 Å². The van der Waals surface area contributed by atoms with Crippen LogP contribution in [0, 0.1) is 0 Å². The van der Waals surface area contributed by atoms with Crippen LogP contribution in [-0.2, 0) is 9.47 Å². The molecule has 2 heterocycles. The fraction of sp³-hybridized carbons (Fsp3) is 0.400. The van der Waals surface area contributed by atoms with Gasteiger partial charge in [0.05, 0.1) is 12.2 Å². The normalized spacial score (nSPS) is 32.8. The quantitative estimate of drug-likeness (QED) is 0.288. The molecule has 0 radical (unpaired) electrons. The molecule has 11 nitrogen and oxygen atoms in total. The van der Waals surface area contributed by atoms with Gasteiger partial charge in [-0.2, -0.15) is 0 Å². The molecule has 1 saturated heterocycles. The smallest absolute Gasteiger partial charge is 0.186 e. The highest BCUT2D eigenvalue weighted by Crippen LogP contribution is 2.49. The number of aromatic hydroxyl groups is 4. The predicted octanol–water partition coefficient (Wildman–Crippen LogP) is -0.500. The van der Waals surface area contributed by atoms with E-state index in [1.165, 1.54) is 24.3 Å². The molecule has 0 aliphatic carbocycles. The van der Waals surface area contributed by atoms with Gasteiger partial charge in [0.15, 0.2) is 23.9 Å². The first-order valence-corrected chi connectivity index (χ1v) is 9.41. The number of ether oxygens (including phenoxy) is 3. The first kappa shape index (κ1) is 21.4. The fourth-order valence-electron chi connectivity index (χ4n) is 3.70. The van der Waals surface area contributed by atoms with Crippen molar-refractivity contribution in [3.05, 3.63) is 41.5 Å². The van der Waals surface area contributed by atoms with E-state index in [0.717, 1.165) is 6.07 Å². The summed E-state index contributed by atoms with van der Waals surface area (Å²) in [6.07, 6.45) is -10.1. The van der Waals surface area contributed by atoms with Crippen LogP contribution in [0.1, 0.15) is 23.3 Å². The average molecular weight is 438 g/mol. The lowest BCUT2D eigenvalue weighted by Crippen LogP contribution is -2.55. The molecule has 0 saturated carbocycles. The maximum Gasteiger partial charge on any atom is 0.186 e. The van der Waals surface area contributed by atoms with Crippen molar-refractivity contribution >= 4 is 0 Å². The molecule has 2 aliphatic rings. The summed E-state index contributed by atoms with van der Waals surface area (Å²) < 4.78 is 16.8.